The molecule has 66 valence electrons. The molecular weight excluding hydrogens is 270 g/mol. The molecule has 0 spiro atoms. The third-order valence-corrected chi connectivity index (χ3v) is 3.90. The molecule has 2 aliphatic heterocycles. The van der Waals surface area contributed by atoms with Gasteiger partial charge in [-0.2, -0.15) is 0 Å². The summed E-state index contributed by atoms with van der Waals surface area (Å²) in [5.41, 5.74) is -0.442. The van der Waals surface area contributed by atoms with Crippen LogP contribution in [0.15, 0.2) is 0 Å². The van der Waals surface area contributed by atoms with E-state index in [1.165, 1.54) is 0 Å². The molecule has 2 bridgehead atoms. The zero-order chi connectivity index (χ0) is 8.77. The number of aliphatic hydroxyl groups is 1. The van der Waals surface area contributed by atoms with Gasteiger partial charge in [0.15, 0.2) is 0 Å². The second kappa shape index (κ2) is 3.11. The van der Waals surface area contributed by atoms with Crippen LogP contribution in [0.3, 0.4) is 0 Å². The Morgan fingerprint density at radius 2 is 2.42 bits per heavy atom. The van der Waals surface area contributed by atoms with Crippen molar-refractivity contribution in [2.45, 2.75) is 30.2 Å². The lowest BCUT2D eigenvalue weighted by atomic mass is 9.87. The minimum Gasteiger partial charge on any atom is -0.387 e. The van der Waals surface area contributed by atoms with Crippen molar-refractivity contribution in [1.29, 1.82) is 0 Å². The van der Waals surface area contributed by atoms with Gasteiger partial charge in [-0.05, 0) is 0 Å². The summed E-state index contributed by atoms with van der Waals surface area (Å²) in [6.45, 7) is 0.637. The van der Waals surface area contributed by atoms with E-state index in [9.17, 15) is 5.11 Å². The van der Waals surface area contributed by atoms with E-state index in [1.807, 2.05) is 0 Å². The van der Waals surface area contributed by atoms with Crippen LogP contribution < -0.4 is 0 Å². The van der Waals surface area contributed by atoms with Crippen LogP contribution in [0.2, 0.25) is 0 Å². The summed E-state index contributed by atoms with van der Waals surface area (Å²) in [6.07, 6.45) is -0.145. The minimum atomic E-state index is -0.557. The van der Waals surface area contributed by atoms with Crippen molar-refractivity contribution in [1.82, 2.24) is 0 Å². The Bertz CT molecular complexity index is 191. The molecule has 2 aliphatic rings. The van der Waals surface area contributed by atoms with Crippen molar-refractivity contribution < 1.29 is 14.6 Å². The topological polar surface area (TPSA) is 38.7 Å². The van der Waals surface area contributed by atoms with E-state index in [-0.39, 0.29) is 6.10 Å². The monoisotopic (exact) mass is 280 g/mol. The largest absolute Gasteiger partial charge is 0.387 e. The van der Waals surface area contributed by atoms with E-state index in [0.29, 0.717) is 6.61 Å². The van der Waals surface area contributed by atoms with Gasteiger partial charge < -0.3 is 14.6 Å². The molecule has 3 nitrogen and oxygen atoms in total. The zero-order valence-electron chi connectivity index (χ0n) is 6.57. The predicted molar refractivity (Wildman–Crippen MR) is 52.6 cm³/mol. The summed E-state index contributed by atoms with van der Waals surface area (Å²) in [4.78, 5) is 0. The number of rotatable bonds is 1. The molecule has 5 heteroatoms. The van der Waals surface area contributed by atoms with Gasteiger partial charge in [-0.3, -0.25) is 0 Å². The molecule has 2 rings (SSSR count). The molecule has 0 aliphatic carbocycles. The van der Waals surface area contributed by atoms with Gasteiger partial charge in [-0.25, -0.2) is 0 Å². The maximum Gasteiger partial charge on any atom is 0.112 e. The molecule has 1 unspecified atom stereocenters. The first-order valence-corrected chi connectivity index (χ1v) is 5.51. The molecular formula is C7H10BIO3. The Labute approximate surface area is 86.4 Å². The third-order valence-electron chi connectivity index (χ3n) is 2.61. The number of halogens is 1. The van der Waals surface area contributed by atoms with Gasteiger partial charge in [0.1, 0.15) is 25.7 Å². The highest BCUT2D eigenvalue weighted by atomic mass is 127. The SMILES string of the molecule is [B][C@@H]1O[C@@]2(CI)CCO[C@H]1C2O. The fourth-order valence-electron chi connectivity index (χ4n) is 1.82. The average molecular weight is 280 g/mol. The van der Waals surface area contributed by atoms with Crippen molar-refractivity contribution in [2.24, 2.45) is 0 Å². The highest BCUT2D eigenvalue weighted by Gasteiger charge is 2.55. The van der Waals surface area contributed by atoms with E-state index in [0.717, 1.165) is 10.8 Å². The van der Waals surface area contributed by atoms with Crippen LogP contribution in [0, 0.1) is 0 Å². The van der Waals surface area contributed by atoms with Crippen LogP contribution >= 0.6 is 22.6 Å². The smallest absolute Gasteiger partial charge is 0.112 e. The lowest BCUT2D eigenvalue weighted by Crippen LogP contribution is -2.50. The lowest BCUT2D eigenvalue weighted by Gasteiger charge is -2.34. The van der Waals surface area contributed by atoms with Crippen LogP contribution in [-0.4, -0.2) is 47.8 Å². The first-order chi connectivity index (χ1) is 5.69. The van der Waals surface area contributed by atoms with Gasteiger partial charge in [0.2, 0.25) is 0 Å². The third kappa shape index (κ3) is 1.13. The van der Waals surface area contributed by atoms with E-state index >= 15 is 0 Å². The second-order valence-electron chi connectivity index (χ2n) is 3.31. The van der Waals surface area contributed by atoms with Crippen LogP contribution in [0.1, 0.15) is 6.42 Å². The number of hydrogen-bond acceptors (Lipinski definition) is 3. The molecule has 4 atom stereocenters. The first kappa shape index (κ1) is 9.24. The standard InChI is InChI=1S/C7H10BIO3/c8-6-4-5(10)7(3-9,12-6)1-2-11-4/h4-6,10H,1-3H2/t4-,5?,6+,7+/m0/s1. The Morgan fingerprint density at radius 3 is 3.00 bits per heavy atom. The second-order valence-corrected chi connectivity index (χ2v) is 4.07. The lowest BCUT2D eigenvalue weighted by molar-refractivity contribution is -0.104. The number of aliphatic hydroxyl groups excluding tert-OH is 1. The zero-order valence-corrected chi connectivity index (χ0v) is 8.73. The highest BCUT2D eigenvalue weighted by Crippen LogP contribution is 2.39. The summed E-state index contributed by atoms with van der Waals surface area (Å²) in [5, 5.41) is 9.79. The van der Waals surface area contributed by atoms with Gasteiger partial charge in [0.05, 0.1) is 6.61 Å². The van der Waals surface area contributed by atoms with Crippen molar-refractivity contribution in [3.8, 4) is 0 Å². The van der Waals surface area contributed by atoms with Crippen LogP contribution in [0.5, 0.6) is 0 Å². The summed E-state index contributed by atoms with van der Waals surface area (Å²) >= 11 is 2.22. The van der Waals surface area contributed by atoms with E-state index < -0.39 is 17.7 Å². The van der Waals surface area contributed by atoms with E-state index in [2.05, 4.69) is 22.6 Å². The fourth-order valence-corrected chi connectivity index (χ4v) is 2.84. The molecule has 2 saturated heterocycles. The summed E-state index contributed by atoms with van der Waals surface area (Å²) in [5.74, 6) is 0. The number of alkyl halides is 1. The quantitative estimate of drug-likeness (QED) is 0.412. The average Bonchev–Trinajstić information content (AvgIpc) is 2.23. The Balaban J connectivity index is 2.24. The van der Waals surface area contributed by atoms with Crippen molar-refractivity contribution in [3.63, 3.8) is 0 Å². The first-order valence-electron chi connectivity index (χ1n) is 3.99. The summed E-state index contributed by atoms with van der Waals surface area (Å²) < 4.78 is 11.6. The van der Waals surface area contributed by atoms with Crippen molar-refractivity contribution >= 4 is 30.4 Å². The number of ether oxygens (including phenoxy) is 2. The Hall–Kier alpha value is 0.675. The minimum absolute atomic E-state index is 0.325. The molecule has 0 saturated carbocycles. The van der Waals surface area contributed by atoms with Crippen LogP contribution in [0.25, 0.3) is 0 Å². The van der Waals surface area contributed by atoms with Gasteiger partial charge in [0.25, 0.3) is 0 Å². The van der Waals surface area contributed by atoms with E-state index in [1.54, 1.807) is 0 Å². The molecule has 2 radical (unpaired) electrons. The van der Waals surface area contributed by atoms with Gasteiger partial charge in [-0.1, -0.05) is 22.6 Å². The van der Waals surface area contributed by atoms with Crippen molar-refractivity contribution in [2.75, 3.05) is 11.0 Å². The maximum absolute atomic E-state index is 9.79. The molecule has 0 aromatic heterocycles. The maximum atomic E-state index is 9.79. The number of fused-ring (bicyclic) bond motifs is 2. The normalized spacial score (nSPS) is 52.7. The van der Waals surface area contributed by atoms with Gasteiger partial charge in [0, 0.05) is 16.9 Å². The van der Waals surface area contributed by atoms with E-state index in [4.69, 9.17) is 17.3 Å². The molecule has 2 fully saturated rings. The fraction of sp³-hybridized carbons (Fsp3) is 1.00. The molecule has 0 aromatic carbocycles. The van der Waals surface area contributed by atoms with Crippen LogP contribution in [-0.2, 0) is 9.47 Å². The molecule has 2 heterocycles. The molecule has 1 N–H and O–H groups in total. The van der Waals surface area contributed by atoms with Crippen molar-refractivity contribution in [3.05, 3.63) is 0 Å². The Kier molecular flexibility index (Phi) is 2.40. The predicted octanol–water partition coefficient (Wildman–Crippen LogP) is -0.165. The summed E-state index contributed by atoms with van der Waals surface area (Å²) in [6, 6.07) is -0.461. The molecule has 0 amide bonds. The van der Waals surface area contributed by atoms with Gasteiger partial charge >= 0.3 is 0 Å². The number of hydrogen-bond donors (Lipinski definition) is 1. The van der Waals surface area contributed by atoms with Crippen LogP contribution in [0.4, 0.5) is 0 Å². The van der Waals surface area contributed by atoms with Gasteiger partial charge in [-0.15, -0.1) is 0 Å². The summed E-state index contributed by atoms with van der Waals surface area (Å²) in [7, 11) is 5.66. The molecule has 0 aromatic rings. The highest BCUT2D eigenvalue weighted by molar-refractivity contribution is 14.1. The molecule has 12 heavy (non-hydrogen) atoms. The Morgan fingerprint density at radius 1 is 1.67 bits per heavy atom.